The van der Waals surface area contributed by atoms with Gasteiger partial charge < -0.3 is 10.0 Å². The number of nitrogens with zero attached hydrogens (tertiary/aromatic N) is 3. The van der Waals surface area contributed by atoms with Crippen LogP contribution in [-0.4, -0.2) is 53.0 Å². The number of guanidine groups is 1. The van der Waals surface area contributed by atoms with Gasteiger partial charge in [0, 0.05) is 13.6 Å². The number of benzene rings is 1. The van der Waals surface area contributed by atoms with Gasteiger partial charge in [-0.1, -0.05) is 12.1 Å². The highest BCUT2D eigenvalue weighted by Gasteiger charge is 2.40. The predicted octanol–water partition coefficient (Wildman–Crippen LogP) is 0.761. The van der Waals surface area contributed by atoms with Crippen molar-refractivity contribution in [3.8, 4) is 0 Å². The molecule has 0 aromatic heterocycles. The van der Waals surface area contributed by atoms with Crippen LogP contribution < -0.4 is 0 Å². The number of hydrogen-bond donors (Lipinski definition) is 1. The van der Waals surface area contributed by atoms with Gasteiger partial charge in [0.2, 0.25) is 5.96 Å². The minimum Gasteiger partial charge on any atom is -0.381 e. The molecule has 2 atom stereocenters. The van der Waals surface area contributed by atoms with Crippen molar-refractivity contribution in [3.63, 3.8) is 0 Å². The van der Waals surface area contributed by atoms with Crippen LogP contribution in [0.2, 0.25) is 0 Å². The van der Waals surface area contributed by atoms with Crippen LogP contribution in [0.25, 0.3) is 0 Å². The zero-order valence-corrected chi connectivity index (χ0v) is 11.2. The largest absolute Gasteiger partial charge is 0.381 e. The van der Waals surface area contributed by atoms with Gasteiger partial charge in [0.15, 0.2) is 6.10 Å². The Labute approximate surface area is 116 Å². The number of hydrogen-bond acceptors (Lipinski definition) is 4. The third kappa shape index (κ3) is 2.06. The number of aliphatic hydroxyl groups is 1. The van der Waals surface area contributed by atoms with Crippen LogP contribution in [0.3, 0.4) is 0 Å². The lowest BCUT2D eigenvalue weighted by Crippen LogP contribution is -2.58. The average molecular weight is 277 g/mol. The highest BCUT2D eigenvalue weighted by molar-refractivity contribution is 6.01. The molecule has 1 fully saturated rings. The Balaban J connectivity index is 1.99. The third-order valence-electron chi connectivity index (χ3n) is 3.79. The van der Waals surface area contributed by atoms with Gasteiger partial charge in [-0.05, 0) is 24.1 Å². The maximum absolute atomic E-state index is 13.0. The maximum atomic E-state index is 13.0. The van der Waals surface area contributed by atoms with Gasteiger partial charge in [-0.3, -0.25) is 9.69 Å². The summed E-state index contributed by atoms with van der Waals surface area (Å²) in [5, 5.41) is 9.73. The first-order chi connectivity index (χ1) is 9.58. The van der Waals surface area contributed by atoms with Gasteiger partial charge >= 0.3 is 0 Å². The van der Waals surface area contributed by atoms with Gasteiger partial charge in [0.05, 0.1) is 12.6 Å². The van der Waals surface area contributed by atoms with Crippen molar-refractivity contribution in [2.24, 2.45) is 4.99 Å². The summed E-state index contributed by atoms with van der Waals surface area (Å²) in [7, 11) is 1.87. The van der Waals surface area contributed by atoms with Gasteiger partial charge in [0.1, 0.15) is 5.82 Å². The Morgan fingerprint density at radius 1 is 1.35 bits per heavy atom. The lowest BCUT2D eigenvalue weighted by molar-refractivity contribution is -0.140. The molecule has 2 heterocycles. The molecule has 6 heteroatoms. The molecular formula is C14H16FN3O2. The topological polar surface area (TPSA) is 56.1 Å². The van der Waals surface area contributed by atoms with E-state index in [1.807, 2.05) is 11.9 Å². The summed E-state index contributed by atoms with van der Waals surface area (Å²) in [5.74, 6) is -0.0580. The van der Waals surface area contributed by atoms with E-state index in [1.54, 1.807) is 12.1 Å². The van der Waals surface area contributed by atoms with E-state index in [2.05, 4.69) is 4.99 Å². The fourth-order valence-electron chi connectivity index (χ4n) is 2.72. The van der Waals surface area contributed by atoms with Crippen molar-refractivity contribution in [2.75, 3.05) is 20.1 Å². The molecule has 2 unspecified atom stereocenters. The maximum Gasteiger partial charge on any atom is 0.260 e. The zero-order valence-electron chi connectivity index (χ0n) is 11.2. The summed E-state index contributed by atoms with van der Waals surface area (Å²) >= 11 is 0. The van der Waals surface area contributed by atoms with Gasteiger partial charge in [-0.2, -0.15) is 0 Å². The second-order valence-corrected chi connectivity index (χ2v) is 5.14. The molecular weight excluding hydrogens is 261 g/mol. The monoisotopic (exact) mass is 277 g/mol. The summed E-state index contributed by atoms with van der Waals surface area (Å²) in [6.07, 6.45) is -0.368. The molecule has 2 aliphatic heterocycles. The van der Waals surface area contributed by atoms with E-state index in [1.165, 1.54) is 17.0 Å². The average Bonchev–Trinajstić information content (AvgIpc) is 2.45. The van der Waals surface area contributed by atoms with Crippen LogP contribution in [0.4, 0.5) is 4.39 Å². The normalized spacial score (nSPS) is 26.4. The Kier molecular flexibility index (Phi) is 3.17. The van der Waals surface area contributed by atoms with Crippen LogP contribution in [0.1, 0.15) is 18.0 Å². The van der Waals surface area contributed by atoms with Crippen molar-refractivity contribution in [3.05, 3.63) is 35.6 Å². The third-order valence-corrected chi connectivity index (χ3v) is 3.79. The van der Waals surface area contributed by atoms with Crippen molar-refractivity contribution in [1.82, 2.24) is 9.80 Å². The number of carbonyl (C=O) groups excluding carboxylic acids is 1. The van der Waals surface area contributed by atoms with E-state index in [0.29, 0.717) is 5.96 Å². The molecule has 106 valence electrons. The predicted molar refractivity (Wildman–Crippen MR) is 71.5 cm³/mol. The molecule has 1 saturated heterocycles. The second-order valence-electron chi connectivity index (χ2n) is 5.14. The first kappa shape index (κ1) is 13.1. The van der Waals surface area contributed by atoms with Gasteiger partial charge in [0.25, 0.3) is 5.91 Å². The molecule has 5 nitrogen and oxygen atoms in total. The molecule has 0 radical (unpaired) electrons. The van der Waals surface area contributed by atoms with E-state index in [9.17, 15) is 14.3 Å². The van der Waals surface area contributed by atoms with Crippen molar-refractivity contribution < 1.29 is 14.3 Å². The smallest absolute Gasteiger partial charge is 0.260 e. The quantitative estimate of drug-likeness (QED) is 0.824. The van der Waals surface area contributed by atoms with Crippen LogP contribution >= 0.6 is 0 Å². The van der Waals surface area contributed by atoms with E-state index >= 15 is 0 Å². The summed E-state index contributed by atoms with van der Waals surface area (Å²) < 4.78 is 13.0. The molecule has 20 heavy (non-hydrogen) atoms. The summed E-state index contributed by atoms with van der Waals surface area (Å²) in [6.45, 7) is 0.867. The molecule has 0 aliphatic carbocycles. The highest BCUT2D eigenvalue weighted by atomic mass is 19.1. The van der Waals surface area contributed by atoms with Crippen LogP contribution in [0, 0.1) is 5.82 Å². The molecule has 1 aromatic carbocycles. The molecule has 0 bridgehead atoms. The fraction of sp³-hybridized carbons (Fsp3) is 0.429. The molecule has 0 saturated carbocycles. The zero-order chi connectivity index (χ0) is 14.3. The first-order valence-electron chi connectivity index (χ1n) is 6.60. The number of carbonyl (C=O) groups is 1. The van der Waals surface area contributed by atoms with E-state index in [0.717, 1.165) is 18.5 Å². The van der Waals surface area contributed by atoms with Crippen LogP contribution in [0.15, 0.2) is 29.3 Å². The number of rotatable bonds is 1. The van der Waals surface area contributed by atoms with Crippen molar-refractivity contribution in [1.29, 1.82) is 0 Å². The summed E-state index contributed by atoms with van der Waals surface area (Å²) in [6, 6.07) is 5.92. The number of amides is 1. The summed E-state index contributed by atoms with van der Waals surface area (Å²) in [5.41, 5.74) is 0.856. The number of aliphatic hydroxyl groups excluding tert-OH is 1. The minimum atomic E-state index is -1.09. The minimum absolute atomic E-state index is 0.102. The number of fused-ring (bicyclic) bond motifs is 1. The molecule has 2 aliphatic rings. The molecule has 0 spiro atoms. The molecule has 1 amide bonds. The lowest BCUT2D eigenvalue weighted by Gasteiger charge is -2.44. The van der Waals surface area contributed by atoms with Crippen LogP contribution in [-0.2, 0) is 4.79 Å². The lowest BCUT2D eigenvalue weighted by atomic mass is 9.98. The van der Waals surface area contributed by atoms with Crippen LogP contribution in [0.5, 0.6) is 0 Å². The van der Waals surface area contributed by atoms with Crippen molar-refractivity contribution in [2.45, 2.75) is 18.6 Å². The Morgan fingerprint density at radius 3 is 2.75 bits per heavy atom. The highest BCUT2D eigenvalue weighted by Crippen LogP contribution is 2.31. The van der Waals surface area contributed by atoms with E-state index < -0.39 is 6.10 Å². The fourth-order valence-corrected chi connectivity index (χ4v) is 2.72. The number of aliphatic imine (C=N–C) groups is 1. The Hall–Kier alpha value is -1.95. The van der Waals surface area contributed by atoms with E-state index in [-0.39, 0.29) is 24.3 Å². The number of halogens is 1. The van der Waals surface area contributed by atoms with Crippen molar-refractivity contribution >= 4 is 11.9 Å². The summed E-state index contributed by atoms with van der Waals surface area (Å²) in [4.78, 5) is 20.0. The first-order valence-corrected chi connectivity index (χ1v) is 6.60. The molecule has 1 N–H and O–H groups in total. The second kappa shape index (κ2) is 4.86. The standard InChI is InChI=1S/C14H16FN3O2/c1-17-7-6-11(9-2-4-10(15)5-3-9)18-13(20)12(19)8-16-14(17)18/h2-5,11-12,19H,6-8H2,1H3. The van der Waals surface area contributed by atoms with E-state index in [4.69, 9.17) is 0 Å². The Bertz CT molecular complexity index is 558. The van der Waals surface area contributed by atoms with Gasteiger partial charge in [-0.15, -0.1) is 0 Å². The molecule has 1 aromatic rings. The molecule has 3 rings (SSSR count). The SMILES string of the molecule is CN1CCC(c2ccc(F)cc2)N2C(=O)C(O)CN=C12. The van der Waals surface area contributed by atoms with Gasteiger partial charge in [-0.25, -0.2) is 9.38 Å². The Morgan fingerprint density at radius 2 is 2.05 bits per heavy atom.